The molecule has 0 radical (unpaired) electrons. The molecule has 6 heteroatoms. The lowest BCUT2D eigenvalue weighted by molar-refractivity contribution is 0.596. The van der Waals surface area contributed by atoms with Crippen molar-refractivity contribution in [3.8, 4) is 0 Å². The second kappa shape index (κ2) is 9.10. The molecule has 1 N–H and O–H groups in total. The Balaban J connectivity index is 1.47. The lowest BCUT2D eigenvalue weighted by Crippen LogP contribution is -2.02. The molecule has 1 atom stereocenters. The molecule has 0 aromatic heterocycles. The lowest BCUT2D eigenvalue weighted by Gasteiger charge is -2.10. The number of hydrogen-bond donors (Lipinski definition) is 1. The molecule has 4 aromatic rings. The van der Waals surface area contributed by atoms with Gasteiger partial charge in [0.25, 0.3) is 0 Å². The van der Waals surface area contributed by atoms with Gasteiger partial charge in [0.1, 0.15) is 0 Å². The van der Waals surface area contributed by atoms with E-state index in [1.165, 1.54) is 0 Å². The van der Waals surface area contributed by atoms with Gasteiger partial charge in [-0.05, 0) is 86.6 Å². The van der Waals surface area contributed by atoms with E-state index in [9.17, 15) is 12.6 Å². The fourth-order valence-corrected chi connectivity index (χ4v) is 5.50. The molecule has 0 aliphatic carbocycles. The summed E-state index contributed by atoms with van der Waals surface area (Å²) in [5, 5.41) is 3.25. The molecule has 162 valence electrons. The van der Waals surface area contributed by atoms with E-state index in [0.717, 1.165) is 32.3 Å². The summed E-state index contributed by atoms with van der Waals surface area (Å²) in [4.78, 5) is 2.01. The second-order valence-corrected chi connectivity index (χ2v) is 11.0. The van der Waals surface area contributed by atoms with Crippen molar-refractivity contribution in [2.75, 3.05) is 5.32 Å². The van der Waals surface area contributed by atoms with E-state index < -0.39 is 20.6 Å². The van der Waals surface area contributed by atoms with Crippen molar-refractivity contribution < 1.29 is 12.6 Å². The van der Waals surface area contributed by atoms with Gasteiger partial charge in [0.2, 0.25) is 9.84 Å². The fraction of sp³-hybridized carbons (Fsp3) is 0.0769. The van der Waals surface area contributed by atoms with Gasteiger partial charge in [-0.2, -0.15) is 0 Å². The van der Waals surface area contributed by atoms with Crippen molar-refractivity contribution >= 4 is 32.0 Å². The number of hydrogen-bond acceptors (Lipinski definition) is 4. The van der Waals surface area contributed by atoms with Crippen LogP contribution >= 0.6 is 0 Å². The number of sulfone groups is 1. The molecule has 0 amide bonds. The summed E-state index contributed by atoms with van der Waals surface area (Å²) in [5.41, 5.74) is 3.73. The molecule has 32 heavy (non-hydrogen) atoms. The minimum atomic E-state index is -3.55. The van der Waals surface area contributed by atoms with Gasteiger partial charge in [-0.15, -0.1) is 0 Å². The summed E-state index contributed by atoms with van der Waals surface area (Å²) in [6.07, 6.45) is 0. The Kier molecular flexibility index (Phi) is 6.26. The first-order valence-electron chi connectivity index (χ1n) is 10.1. The lowest BCUT2D eigenvalue weighted by atomic mass is 10.2. The molecule has 0 aliphatic rings. The smallest absolute Gasteiger partial charge is 0.206 e. The minimum absolute atomic E-state index is 0.246. The van der Waals surface area contributed by atoms with E-state index in [2.05, 4.69) is 5.32 Å². The summed E-state index contributed by atoms with van der Waals surface area (Å²) in [6, 6.07) is 28.5. The van der Waals surface area contributed by atoms with Crippen molar-refractivity contribution in [2.24, 2.45) is 0 Å². The van der Waals surface area contributed by atoms with Crippen LogP contribution in [0.3, 0.4) is 0 Å². The van der Waals surface area contributed by atoms with Crippen molar-refractivity contribution in [1.82, 2.24) is 0 Å². The molecule has 0 saturated carbocycles. The predicted molar refractivity (Wildman–Crippen MR) is 129 cm³/mol. The Hall–Kier alpha value is -3.22. The standard InChI is InChI=1S/C26H23NO3S2/c1-19-3-11-23(12-4-19)31(28)24-13-7-21(8-14-24)27-22-9-17-26(18-10-22)32(29,30)25-15-5-20(2)6-16-25/h3-18,27H,1-2H3. The first-order valence-corrected chi connectivity index (χ1v) is 12.7. The van der Waals surface area contributed by atoms with E-state index in [1.54, 1.807) is 48.5 Å². The van der Waals surface area contributed by atoms with E-state index in [0.29, 0.717) is 0 Å². The van der Waals surface area contributed by atoms with Crippen LogP contribution in [-0.4, -0.2) is 12.6 Å². The van der Waals surface area contributed by atoms with Crippen LogP contribution in [0.1, 0.15) is 11.1 Å². The van der Waals surface area contributed by atoms with Crippen LogP contribution in [0.4, 0.5) is 11.4 Å². The van der Waals surface area contributed by atoms with Gasteiger partial charge in [0, 0.05) is 21.2 Å². The molecule has 0 heterocycles. The number of aryl methyl sites for hydroxylation is 2. The van der Waals surface area contributed by atoms with E-state index in [4.69, 9.17) is 0 Å². The molecular formula is C26H23NO3S2. The average Bonchev–Trinajstić information content (AvgIpc) is 2.80. The Morgan fingerprint density at radius 2 is 0.906 bits per heavy atom. The van der Waals surface area contributed by atoms with Crippen LogP contribution < -0.4 is 5.32 Å². The third kappa shape index (κ3) is 4.82. The fourth-order valence-electron chi connectivity index (χ4n) is 3.20. The molecule has 4 aromatic carbocycles. The van der Waals surface area contributed by atoms with Gasteiger partial charge < -0.3 is 5.32 Å². The van der Waals surface area contributed by atoms with Crippen LogP contribution in [0.15, 0.2) is 117 Å². The normalized spacial score (nSPS) is 12.3. The Morgan fingerprint density at radius 1 is 0.562 bits per heavy atom. The monoisotopic (exact) mass is 461 g/mol. The Labute approximate surface area is 191 Å². The molecule has 4 rings (SSSR count). The quantitative estimate of drug-likeness (QED) is 0.380. The molecular weight excluding hydrogens is 438 g/mol. The first kappa shape index (κ1) is 22.0. The summed E-state index contributed by atoms with van der Waals surface area (Å²) >= 11 is 0. The second-order valence-electron chi connectivity index (χ2n) is 7.57. The highest BCUT2D eigenvalue weighted by molar-refractivity contribution is 7.91. The van der Waals surface area contributed by atoms with Gasteiger partial charge in [0.05, 0.1) is 20.6 Å². The number of nitrogens with one attached hydrogen (secondary N) is 1. The van der Waals surface area contributed by atoms with Crippen LogP contribution in [0.2, 0.25) is 0 Å². The number of rotatable bonds is 6. The van der Waals surface area contributed by atoms with Crippen LogP contribution in [-0.2, 0) is 20.6 Å². The Bertz CT molecular complexity index is 1340. The zero-order valence-corrected chi connectivity index (χ0v) is 19.4. The topological polar surface area (TPSA) is 63.2 Å². The maximum absolute atomic E-state index is 12.8. The van der Waals surface area contributed by atoms with Gasteiger partial charge in [-0.25, -0.2) is 12.6 Å². The van der Waals surface area contributed by atoms with Gasteiger partial charge in [-0.3, -0.25) is 0 Å². The highest BCUT2D eigenvalue weighted by Gasteiger charge is 2.17. The molecule has 0 bridgehead atoms. The largest absolute Gasteiger partial charge is 0.356 e. The van der Waals surface area contributed by atoms with Crippen LogP contribution in [0.5, 0.6) is 0 Å². The van der Waals surface area contributed by atoms with Crippen molar-refractivity contribution in [3.05, 3.63) is 108 Å². The maximum atomic E-state index is 12.8. The molecule has 4 nitrogen and oxygen atoms in total. The summed E-state index contributed by atoms with van der Waals surface area (Å²) in [5.74, 6) is 0. The molecule has 0 fully saturated rings. The summed E-state index contributed by atoms with van der Waals surface area (Å²) < 4.78 is 38.3. The third-order valence-electron chi connectivity index (χ3n) is 5.09. The van der Waals surface area contributed by atoms with Crippen LogP contribution in [0, 0.1) is 13.8 Å². The molecule has 0 saturated heterocycles. The summed E-state index contributed by atoms with van der Waals surface area (Å²) in [7, 11) is -4.79. The minimum Gasteiger partial charge on any atom is -0.356 e. The zero-order chi connectivity index (χ0) is 22.7. The first-order chi connectivity index (χ1) is 15.3. The zero-order valence-electron chi connectivity index (χ0n) is 17.8. The Morgan fingerprint density at radius 3 is 1.38 bits per heavy atom. The van der Waals surface area contributed by atoms with E-state index in [-0.39, 0.29) is 9.79 Å². The van der Waals surface area contributed by atoms with Crippen LogP contribution in [0.25, 0.3) is 0 Å². The molecule has 0 aliphatic heterocycles. The third-order valence-corrected chi connectivity index (χ3v) is 8.27. The van der Waals surface area contributed by atoms with Crippen molar-refractivity contribution in [1.29, 1.82) is 0 Å². The van der Waals surface area contributed by atoms with Gasteiger partial charge in [-0.1, -0.05) is 35.4 Å². The predicted octanol–water partition coefficient (Wildman–Crippen LogP) is 6.05. The maximum Gasteiger partial charge on any atom is 0.206 e. The average molecular weight is 462 g/mol. The van der Waals surface area contributed by atoms with Gasteiger partial charge >= 0.3 is 0 Å². The molecule has 1 unspecified atom stereocenters. The van der Waals surface area contributed by atoms with E-state index >= 15 is 0 Å². The van der Waals surface area contributed by atoms with Crippen molar-refractivity contribution in [2.45, 2.75) is 33.4 Å². The van der Waals surface area contributed by atoms with Gasteiger partial charge in [0.15, 0.2) is 0 Å². The van der Waals surface area contributed by atoms with Crippen molar-refractivity contribution in [3.63, 3.8) is 0 Å². The molecule has 0 spiro atoms. The highest BCUT2D eigenvalue weighted by atomic mass is 32.2. The number of benzene rings is 4. The summed E-state index contributed by atoms with van der Waals surface area (Å²) in [6.45, 7) is 3.92. The highest BCUT2D eigenvalue weighted by Crippen LogP contribution is 2.25. The number of anilines is 2. The van der Waals surface area contributed by atoms with E-state index in [1.807, 2.05) is 62.4 Å². The SMILES string of the molecule is Cc1ccc(S(=O)c2ccc(Nc3ccc(S(=O)(=O)c4ccc(C)cc4)cc3)cc2)cc1.